The van der Waals surface area contributed by atoms with Gasteiger partial charge in [-0.1, -0.05) is 29.3 Å². The van der Waals surface area contributed by atoms with Gasteiger partial charge in [-0.25, -0.2) is 0 Å². The van der Waals surface area contributed by atoms with Gasteiger partial charge in [-0.2, -0.15) is 0 Å². The molecule has 1 N–H and O–H groups in total. The van der Waals surface area contributed by atoms with E-state index in [-0.39, 0.29) is 11.0 Å². The molecule has 3 aromatic rings. The van der Waals surface area contributed by atoms with Gasteiger partial charge in [0.1, 0.15) is 5.56 Å². The highest BCUT2D eigenvalue weighted by Gasteiger charge is 2.17. The fourth-order valence-corrected chi connectivity index (χ4v) is 3.17. The summed E-state index contributed by atoms with van der Waals surface area (Å²) >= 11 is 12.1. The smallest absolute Gasteiger partial charge is 0.261 e. The van der Waals surface area contributed by atoms with E-state index in [9.17, 15) is 9.59 Å². The van der Waals surface area contributed by atoms with Gasteiger partial charge in [0.2, 0.25) is 5.43 Å². The van der Waals surface area contributed by atoms with Crippen molar-refractivity contribution < 1.29 is 4.79 Å². The lowest BCUT2D eigenvalue weighted by molar-refractivity contribution is 0.102. The number of nitrogens with zero attached hydrogens (tertiary/aromatic N) is 1. The van der Waals surface area contributed by atoms with Gasteiger partial charge in [0.05, 0.1) is 5.52 Å². The molecule has 1 amide bonds. The van der Waals surface area contributed by atoms with Gasteiger partial charge in [0.15, 0.2) is 0 Å². The van der Waals surface area contributed by atoms with E-state index in [4.69, 9.17) is 23.2 Å². The maximum absolute atomic E-state index is 12.8. The Labute approximate surface area is 155 Å². The van der Waals surface area contributed by atoms with Gasteiger partial charge in [-0.05, 0) is 49.7 Å². The number of nitrogens with one attached hydrogen (secondary N) is 1. The van der Waals surface area contributed by atoms with Crippen molar-refractivity contribution in [1.82, 2.24) is 4.57 Å². The minimum Gasteiger partial charge on any atom is -0.346 e. The lowest BCUT2D eigenvalue weighted by Gasteiger charge is -2.14. The monoisotopic (exact) mass is 374 g/mol. The second-order valence-electron chi connectivity index (χ2n) is 5.69. The molecule has 3 rings (SSSR count). The zero-order valence-corrected chi connectivity index (χ0v) is 15.3. The molecule has 0 radical (unpaired) electrons. The molecule has 0 spiro atoms. The van der Waals surface area contributed by atoms with Crippen LogP contribution in [0.3, 0.4) is 0 Å². The van der Waals surface area contributed by atoms with Crippen molar-refractivity contribution >= 4 is 45.7 Å². The van der Waals surface area contributed by atoms with Gasteiger partial charge in [0, 0.05) is 33.9 Å². The quantitative estimate of drug-likeness (QED) is 0.709. The van der Waals surface area contributed by atoms with Crippen LogP contribution in [0.5, 0.6) is 0 Å². The summed E-state index contributed by atoms with van der Waals surface area (Å²) in [5, 5.41) is 4.29. The molecule has 0 atom stereocenters. The molecule has 1 heterocycles. The van der Waals surface area contributed by atoms with Crippen LogP contribution in [0.1, 0.15) is 22.8 Å². The second-order valence-corrected chi connectivity index (χ2v) is 6.53. The first-order valence-corrected chi connectivity index (χ1v) is 8.57. The molecule has 6 heteroatoms. The molecule has 0 aliphatic rings. The summed E-state index contributed by atoms with van der Waals surface area (Å²) in [6, 6.07) is 10.1. The predicted molar refractivity (Wildman–Crippen MR) is 103 cm³/mol. The Bertz CT molecular complexity index is 1040. The van der Waals surface area contributed by atoms with E-state index < -0.39 is 5.91 Å². The third-order valence-electron chi connectivity index (χ3n) is 4.09. The minimum atomic E-state index is -0.469. The summed E-state index contributed by atoms with van der Waals surface area (Å²) in [4.78, 5) is 25.4. The lowest BCUT2D eigenvalue weighted by atomic mass is 10.1. The number of carbonyl (C=O) groups is 1. The highest BCUT2D eigenvalue weighted by molar-refractivity contribution is 6.32. The van der Waals surface area contributed by atoms with E-state index in [1.54, 1.807) is 42.6 Å². The Morgan fingerprint density at radius 3 is 2.64 bits per heavy atom. The van der Waals surface area contributed by atoms with Crippen LogP contribution in [-0.4, -0.2) is 10.5 Å². The normalized spacial score (nSPS) is 10.9. The van der Waals surface area contributed by atoms with E-state index in [0.717, 1.165) is 11.1 Å². The molecule has 25 heavy (non-hydrogen) atoms. The molecule has 0 aliphatic carbocycles. The highest BCUT2D eigenvalue weighted by atomic mass is 35.5. The lowest BCUT2D eigenvalue weighted by Crippen LogP contribution is -2.24. The maximum atomic E-state index is 12.8. The number of benzene rings is 2. The topological polar surface area (TPSA) is 51.1 Å². The fraction of sp³-hybridized carbons (Fsp3) is 0.158. The number of pyridine rings is 1. The third-order valence-corrected chi connectivity index (χ3v) is 4.74. The summed E-state index contributed by atoms with van der Waals surface area (Å²) in [6.07, 6.45) is 1.58. The van der Waals surface area contributed by atoms with Crippen molar-refractivity contribution in [2.24, 2.45) is 0 Å². The van der Waals surface area contributed by atoms with Crippen LogP contribution in [0.2, 0.25) is 10.0 Å². The fourth-order valence-electron chi connectivity index (χ4n) is 2.83. The Hall–Kier alpha value is -2.30. The van der Waals surface area contributed by atoms with Crippen LogP contribution < -0.4 is 10.7 Å². The van der Waals surface area contributed by atoms with E-state index >= 15 is 0 Å². The van der Waals surface area contributed by atoms with E-state index in [1.807, 2.05) is 18.4 Å². The Kier molecular flexibility index (Phi) is 4.84. The van der Waals surface area contributed by atoms with Gasteiger partial charge in [-0.3, -0.25) is 9.59 Å². The molecule has 0 fully saturated rings. The predicted octanol–water partition coefficient (Wildman–Crippen LogP) is 4.89. The number of halogens is 2. The molecular weight excluding hydrogens is 359 g/mol. The maximum Gasteiger partial charge on any atom is 0.261 e. The second kappa shape index (κ2) is 6.90. The van der Waals surface area contributed by atoms with Crippen molar-refractivity contribution in [2.45, 2.75) is 20.4 Å². The van der Waals surface area contributed by atoms with Gasteiger partial charge in [-0.15, -0.1) is 0 Å². The Morgan fingerprint density at radius 2 is 1.96 bits per heavy atom. The number of rotatable bonds is 3. The zero-order chi connectivity index (χ0) is 18.1. The molecule has 128 valence electrons. The van der Waals surface area contributed by atoms with Crippen molar-refractivity contribution in [3.63, 3.8) is 0 Å². The van der Waals surface area contributed by atoms with Crippen LogP contribution in [0.25, 0.3) is 10.9 Å². The van der Waals surface area contributed by atoms with Gasteiger partial charge < -0.3 is 9.88 Å². The van der Waals surface area contributed by atoms with Crippen LogP contribution in [-0.2, 0) is 6.54 Å². The highest BCUT2D eigenvalue weighted by Crippen LogP contribution is 2.24. The third kappa shape index (κ3) is 3.28. The van der Waals surface area contributed by atoms with E-state index in [0.29, 0.717) is 27.7 Å². The molecule has 0 saturated heterocycles. The van der Waals surface area contributed by atoms with Crippen LogP contribution >= 0.6 is 23.2 Å². The molecule has 0 saturated carbocycles. The van der Waals surface area contributed by atoms with Crippen molar-refractivity contribution in [3.05, 3.63) is 74.0 Å². The summed E-state index contributed by atoms with van der Waals surface area (Å²) < 4.78 is 1.87. The largest absolute Gasteiger partial charge is 0.346 e. The standard InChI is InChI=1S/C19H16Cl2N2O2/c1-3-23-10-15(19(25)22-13-6-4-5-12(20)9-13)18(24)14-7-8-16(21)11(2)17(14)23/h4-10H,3H2,1-2H3,(H,22,25). The van der Waals surface area contributed by atoms with Crippen molar-refractivity contribution in [1.29, 1.82) is 0 Å². The van der Waals surface area contributed by atoms with Crippen LogP contribution in [0.4, 0.5) is 5.69 Å². The number of aromatic nitrogens is 1. The number of carbonyl (C=O) groups excluding carboxylic acids is 1. The SMILES string of the molecule is CCn1cc(C(=O)Nc2cccc(Cl)c2)c(=O)c2ccc(Cl)c(C)c21. The van der Waals surface area contributed by atoms with Gasteiger partial charge in [0.25, 0.3) is 5.91 Å². The van der Waals surface area contributed by atoms with E-state index in [2.05, 4.69) is 5.32 Å². The number of hydrogen-bond donors (Lipinski definition) is 1. The molecule has 2 aromatic carbocycles. The van der Waals surface area contributed by atoms with Gasteiger partial charge >= 0.3 is 0 Å². The summed E-state index contributed by atoms with van der Waals surface area (Å²) in [6.45, 7) is 4.42. The minimum absolute atomic E-state index is 0.0797. The van der Waals surface area contributed by atoms with Crippen LogP contribution in [0.15, 0.2) is 47.4 Å². The number of aryl methyl sites for hydroxylation is 2. The number of fused-ring (bicyclic) bond motifs is 1. The first-order valence-electron chi connectivity index (χ1n) is 7.81. The zero-order valence-electron chi connectivity index (χ0n) is 13.8. The summed E-state index contributed by atoms with van der Waals surface area (Å²) in [5.41, 5.74) is 1.86. The molecule has 1 aromatic heterocycles. The molecule has 0 bridgehead atoms. The average Bonchev–Trinajstić information content (AvgIpc) is 2.58. The Morgan fingerprint density at radius 1 is 1.20 bits per heavy atom. The first-order chi connectivity index (χ1) is 11.9. The first kappa shape index (κ1) is 17.5. The Balaban J connectivity index is 2.14. The number of hydrogen-bond acceptors (Lipinski definition) is 2. The van der Waals surface area contributed by atoms with Crippen LogP contribution in [0, 0.1) is 6.92 Å². The molecular formula is C19H16Cl2N2O2. The molecule has 0 unspecified atom stereocenters. The van der Waals surface area contributed by atoms with Crippen molar-refractivity contribution in [2.75, 3.05) is 5.32 Å². The molecule has 0 aliphatic heterocycles. The summed E-state index contributed by atoms with van der Waals surface area (Å²) in [5.74, 6) is -0.469. The summed E-state index contributed by atoms with van der Waals surface area (Å²) in [7, 11) is 0. The number of anilines is 1. The number of amides is 1. The van der Waals surface area contributed by atoms with Crippen molar-refractivity contribution in [3.8, 4) is 0 Å². The average molecular weight is 375 g/mol. The van der Waals surface area contributed by atoms with E-state index in [1.165, 1.54) is 0 Å². The molecule has 4 nitrogen and oxygen atoms in total.